The fourth-order valence-electron chi connectivity index (χ4n) is 2.38. The van der Waals surface area contributed by atoms with Crippen LogP contribution in [0, 0.1) is 0 Å². The second-order valence-electron chi connectivity index (χ2n) is 5.08. The lowest BCUT2D eigenvalue weighted by atomic mass is 10.0. The van der Waals surface area contributed by atoms with Crippen LogP contribution in [0.4, 0.5) is 0 Å². The topological polar surface area (TPSA) is 55.6 Å². The van der Waals surface area contributed by atoms with Gasteiger partial charge in [-0.2, -0.15) is 0 Å². The molecule has 1 aromatic rings. The molecule has 0 saturated carbocycles. The molecule has 2 N–H and O–H groups in total. The van der Waals surface area contributed by atoms with Gasteiger partial charge in [0.2, 0.25) is 5.91 Å². The molecule has 0 bridgehead atoms. The van der Waals surface area contributed by atoms with Crippen molar-refractivity contribution in [2.75, 3.05) is 13.2 Å². The van der Waals surface area contributed by atoms with E-state index in [0.29, 0.717) is 19.6 Å². The van der Waals surface area contributed by atoms with Gasteiger partial charge in [0, 0.05) is 6.54 Å². The van der Waals surface area contributed by atoms with Crippen molar-refractivity contribution in [1.82, 2.24) is 4.90 Å². The lowest BCUT2D eigenvalue weighted by Gasteiger charge is -2.40. The molecule has 3 atom stereocenters. The zero-order valence-corrected chi connectivity index (χ0v) is 11.6. The first-order valence-electron chi connectivity index (χ1n) is 6.86. The minimum absolute atomic E-state index is 0.0199. The third-order valence-electron chi connectivity index (χ3n) is 3.59. The highest BCUT2D eigenvalue weighted by molar-refractivity contribution is 5.82. The Hall–Kier alpha value is -1.39. The lowest BCUT2D eigenvalue weighted by molar-refractivity contribution is -0.146. The molecule has 1 amide bonds. The van der Waals surface area contributed by atoms with Crippen molar-refractivity contribution in [3.8, 4) is 0 Å². The highest BCUT2D eigenvalue weighted by atomic mass is 16.5. The van der Waals surface area contributed by atoms with E-state index in [1.807, 2.05) is 49.1 Å². The standard InChI is InChI=1S/C15H22N2O2/c1-3-13(16)15(18)17-9-11(2)19-10-14(17)12-7-5-4-6-8-12/h4-8,11,13-14H,3,9-10,16H2,1-2H3/t11-,13-,14-/m0/s1. The summed E-state index contributed by atoms with van der Waals surface area (Å²) >= 11 is 0. The van der Waals surface area contributed by atoms with Gasteiger partial charge in [0.1, 0.15) is 0 Å². The van der Waals surface area contributed by atoms with Crippen molar-refractivity contribution < 1.29 is 9.53 Å². The lowest BCUT2D eigenvalue weighted by Crippen LogP contribution is -2.52. The second-order valence-corrected chi connectivity index (χ2v) is 5.08. The fraction of sp³-hybridized carbons (Fsp3) is 0.533. The molecule has 0 spiro atoms. The Morgan fingerprint density at radius 3 is 2.79 bits per heavy atom. The number of nitrogens with two attached hydrogens (primary N) is 1. The van der Waals surface area contributed by atoms with Crippen LogP contribution in [-0.2, 0) is 9.53 Å². The van der Waals surface area contributed by atoms with Gasteiger partial charge in [0.25, 0.3) is 0 Å². The van der Waals surface area contributed by atoms with Gasteiger partial charge in [-0.1, -0.05) is 37.3 Å². The Labute approximate surface area is 114 Å². The second kappa shape index (κ2) is 6.17. The summed E-state index contributed by atoms with van der Waals surface area (Å²) in [6.07, 6.45) is 0.722. The van der Waals surface area contributed by atoms with E-state index in [1.165, 1.54) is 0 Å². The molecule has 2 rings (SSSR count). The fourth-order valence-corrected chi connectivity index (χ4v) is 2.38. The van der Waals surface area contributed by atoms with Crippen molar-refractivity contribution in [2.24, 2.45) is 5.73 Å². The molecule has 4 nitrogen and oxygen atoms in total. The van der Waals surface area contributed by atoms with Gasteiger partial charge in [-0.15, -0.1) is 0 Å². The van der Waals surface area contributed by atoms with Crippen LogP contribution in [-0.4, -0.2) is 36.1 Å². The van der Waals surface area contributed by atoms with Gasteiger partial charge in [0.15, 0.2) is 0 Å². The summed E-state index contributed by atoms with van der Waals surface area (Å²) in [5.74, 6) is 0.0199. The highest BCUT2D eigenvalue weighted by Crippen LogP contribution is 2.26. The number of nitrogens with zero attached hydrogens (tertiary/aromatic N) is 1. The number of hydrogen-bond donors (Lipinski definition) is 1. The largest absolute Gasteiger partial charge is 0.374 e. The smallest absolute Gasteiger partial charge is 0.240 e. The first kappa shape index (κ1) is 14.0. The van der Waals surface area contributed by atoms with E-state index in [9.17, 15) is 4.79 Å². The van der Waals surface area contributed by atoms with Gasteiger partial charge >= 0.3 is 0 Å². The van der Waals surface area contributed by atoms with Crippen LogP contribution in [0.1, 0.15) is 31.9 Å². The monoisotopic (exact) mass is 262 g/mol. The van der Waals surface area contributed by atoms with Crippen molar-refractivity contribution in [2.45, 2.75) is 38.5 Å². The predicted octanol–water partition coefficient (Wildman–Crippen LogP) is 1.71. The molecule has 0 aromatic heterocycles. The maximum atomic E-state index is 12.4. The van der Waals surface area contributed by atoms with Crippen LogP contribution in [0.3, 0.4) is 0 Å². The number of amides is 1. The van der Waals surface area contributed by atoms with Gasteiger partial charge in [-0.25, -0.2) is 0 Å². The molecule has 1 aromatic carbocycles. The predicted molar refractivity (Wildman–Crippen MR) is 74.6 cm³/mol. The molecular weight excluding hydrogens is 240 g/mol. The summed E-state index contributed by atoms with van der Waals surface area (Å²) in [7, 11) is 0. The summed E-state index contributed by atoms with van der Waals surface area (Å²) in [5.41, 5.74) is 7.00. The van der Waals surface area contributed by atoms with Gasteiger partial charge in [0.05, 0.1) is 24.8 Å². The zero-order valence-electron chi connectivity index (χ0n) is 11.6. The molecule has 0 unspecified atom stereocenters. The van der Waals surface area contributed by atoms with Crippen molar-refractivity contribution in [3.05, 3.63) is 35.9 Å². The minimum Gasteiger partial charge on any atom is -0.374 e. The summed E-state index contributed by atoms with van der Waals surface area (Å²) in [6, 6.07) is 9.55. The SMILES string of the molecule is CC[C@H](N)C(=O)N1C[C@H](C)OC[C@H]1c1ccccc1. The molecule has 1 saturated heterocycles. The number of carbonyl (C=O) groups is 1. The first-order chi connectivity index (χ1) is 9.13. The Bertz CT molecular complexity index is 421. The van der Waals surface area contributed by atoms with Crippen LogP contribution < -0.4 is 5.73 Å². The number of rotatable bonds is 3. The molecule has 1 aliphatic heterocycles. The van der Waals surface area contributed by atoms with Crippen LogP contribution >= 0.6 is 0 Å². The Morgan fingerprint density at radius 2 is 2.16 bits per heavy atom. The average Bonchev–Trinajstić information content (AvgIpc) is 2.46. The average molecular weight is 262 g/mol. The van der Waals surface area contributed by atoms with E-state index in [4.69, 9.17) is 10.5 Å². The molecule has 0 radical (unpaired) electrons. The van der Waals surface area contributed by atoms with Crippen LogP contribution in [0.15, 0.2) is 30.3 Å². The summed E-state index contributed by atoms with van der Waals surface area (Å²) < 4.78 is 5.70. The van der Waals surface area contributed by atoms with Gasteiger partial charge < -0.3 is 15.4 Å². The summed E-state index contributed by atoms with van der Waals surface area (Å²) in [4.78, 5) is 14.3. The molecule has 4 heteroatoms. The van der Waals surface area contributed by atoms with E-state index in [0.717, 1.165) is 5.56 Å². The minimum atomic E-state index is -0.420. The van der Waals surface area contributed by atoms with Gasteiger partial charge in [-0.3, -0.25) is 4.79 Å². The molecule has 1 heterocycles. The number of ether oxygens (including phenoxy) is 1. The van der Waals surface area contributed by atoms with Gasteiger partial charge in [-0.05, 0) is 18.9 Å². The molecular formula is C15H22N2O2. The van der Waals surface area contributed by atoms with E-state index >= 15 is 0 Å². The third kappa shape index (κ3) is 3.14. The van der Waals surface area contributed by atoms with E-state index in [-0.39, 0.29) is 18.1 Å². The number of hydrogen-bond acceptors (Lipinski definition) is 3. The quantitative estimate of drug-likeness (QED) is 0.902. The normalized spacial score (nSPS) is 25.1. The number of benzene rings is 1. The Kier molecular flexibility index (Phi) is 4.56. The van der Waals surface area contributed by atoms with Crippen molar-refractivity contribution >= 4 is 5.91 Å². The van der Waals surface area contributed by atoms with Crippen LogP contribution in [0.25, 0.3) is 0 Å². The Balaban J connectivity index is 2.22. The van der Waals surface area contributed by atoms with E-state index in [1.54, 1.807) is 0 Å². The number of carbonyl (C=O) groups excluding carboxylic acids is 1. The van der Waals surface area contributed by atoms with Crippen molar-refractivity contribution in [1.29, 1.82) is 0 Å². The molecule has 0 aliphatic carbocycles. The Morgan fingerprint density at radius 1 is 1.47 bits per heavy atom. The van der Waals surface area contributed by atoms with Crippen LogP contribution in [0.2, 0.25) is 0 Å². The first-order valence-corrected chi connectivity index (χ1v) is 6.86. The molecule has 1 fully saturated rings. The summed E-state index contributed by atoms with van der Waals surface area (Å²) in [6.45, 7) is 5.06. The third-order valence-corrected chi connectivity index (χ3v) is 3.59. The molecule has 19 heavy (non-hydrogen) atoms. The maximum absolute atomic E-state index is 12.4. The maximum Gasteiger partial charge on any atom is 0.240 e. The highest BCUT2D eigenvalue weighted by Gasteiger charge is 2.33. The summed E-state index contributed by atoms with van der Waals surface area (Å²) in [5, 5.41) is 0. The molecule has 104 valence electrons. The zero-order chi connectivity index (χ0) is 13.8. The number of morpholine rings is 1. The molecule has 1 aliphatic rings. The van der Waals surface area contributed by atoms with Crippen molar-refractivity contribution in [3.63, 3.8) is 0 Å². The van der Waals surface area contributed by atoms with Crippen LogP contribution in [0.5, 0.6) is 0 Å². The van der Waals surface area contributed by atoms with E-state index in [2.05, 4.69) is 0 Å². The van der Waals surface area contributed by atoms with E-state index < -0.39 is 6.04 Å².